The maximum absolute atomic E-state index is 13.1. The number of carbonyl (C=O) groups is 1. The van der Waals surface area contributed by atoms with Crippen molar-refractivity contribution in [2.75, 3.05) is 13.7 Å². The maximum Gasteiger partial charge on any atom is 0.272 e. The Kier molecular flexibility index (Phi) is 5.69. The average molecular weight is 407 g/mol. The number of ether oxygens (including phenoxy) is 1. The molecule has 148 valence electrons. The zero-order chi connectivity index (χ0) is 20.2. The number of thiophene rings is 1. The molecule has 1 amide bonds. The topological polar surface area (TPSA) is 69.0 Å². The summed E-state index contributed by atoms with van der Waals surface area (Å²) in [6, 6.07) is 15.9. The molecule has 0 fully saturated rings. The molecule has 0 bridgehead atoms. The van der Waals surface area contributed by atoms with Crippen LogP contribution in [0.15, 0.2) is 60.1 Å². The molecule has 1 aromatic carbocycles. The van der Waals surface area contributed by atoms with Crippen molar-refractivity contribution in [1.82, 2.24) is 20.1 Å². The second kappa shape index (κ2) is 8.55. The fourth-order valence-corrected chi connectivity index (χ4v) is 4.10. The van der Waals surface area contributed by atoms with Crippen LogP contribution in [0.1, 0.15) is 23.0 Å². The van der Waals surface area contributed by atoms with Crippen LogP contribution in [0.2, 0.25) is 0 Å². The summed E-state index contributed by atoms with van der Waals surface area (Å²) in [7, 11) is 1.62. The molecule has 7 heteroatoms. The first-order valence-corrected chi connectivity index (χ1v) is 10.3. The van der Waals surface area contributed by atoms with Crippen molar-refractivity contribution in [3.05, 3.63) is 71.4 Å². The average Bonchev–Trinajstić information content (AvgIpc) is 3.37. The molecule has 3 aromatic heterocycles. The van der Waals surface area contributed by atoms with E-state index in [2.05, 4.69) is 15.4 Å². The number of carbonyl (C=O) groups excluding carboxylic acids is 1. The fraction of sp³-hybridized carbons (Fsp3) is 0.227. The monoisotopic (exact) mass is 406 g/mol. The van der Waals surface area contributed by atoms with Crippen molar-refractivity contribution < 1.29 is 9.53 Å². The molecule has 4 rings (SSSR count). The van der Waals surface area contributed by atoms with Crippen molar-refractivity contribution in [3.63, 3.8) is 0 Å². The fourth-order valence-electron chi connectivity index (χ4n) is 3.34. The van der Waals surface area contributed by atoms with Crippen molar-refractivity contribution >= 4 is 28.3 Å². The number of nitrogens with zero attached hydrogens (tertiary/aromatic N) is 3. The third-order valence-electron chi connectivity index (χ3n) is 4.60. The van der Waals surface area contributed by atoms with Crippen LogP contribution in [0.5, 0.6) is 0 Å². The van der Waals surface area contributed by atoms with Gasteiger partial charge in [-0.05, 0) is 30.0 Å². The minimum atomic E-state index is -0.225. The van der Waals surface area contributed by atoms with Crippen LogP contribution in [0.3, 0.4) is 0 Å². The van der Waals surface area contributed by atoms with Gasteiger partial charge in [0.15, 0.2) is 11.3 Å². The first-order valence-electron chi connectivity index (χ1n) is 9.40. The van der Waals surface area contributed by atoms with Gasteiger partial charge in [0, 0.05) is 29.8 Å². The number of benzene rings is 1. The predicted molar refractivity (Wildman–Crippen MR) is 115 cm³/mol. The Morgan fingerprint density at radius 1 is 1.21 bits per heavy atom. The summed E-state index contributed by atoms with van der Waals surface area (Å²) < 4.78 is 6.95. The Bertz CT molecular complexity index is 1110. The number of amides is 1. The number of rotatable bonds is 7. The van der Waals surface area contributed by atoms with Crippen LogP contribution in [0, 0.1) is 0 Å². The van der Waals surface area contributed by atoms with Gasteiger partial charge in [0.05, 0.1) is 18.5 Å². The van der Waals surface area contributed by atoms with Gasteiger partial charge in [-0.2, -0.15) is 5.10 Å². The van der Waals surface area contributed by atoms with Crippen LogP contribution in [0.25, 0.3) is 21.5 Å². The van der Waals surface area contributed by atoms with Gasteiger partial charge in [-0.15, -0.1) is 11.3 Å². The molecule has 4 aromatic rings. The summed E-state index contributed by atoms with van der Waals surface area (Å²) in [6.45, 7) is 2.88. The number of aromatic nitrogens is 3. The van der Waals surface area contributed by atoms with E-state index in [0.29, 0.717) is 24.5 Å². The predicted octanol–water partition coefficient (Wildman–Crippen LogP) is 3.97. The smallest absolute Gasteiger partial charge is 0.272 e. The molecular weight excluding hydrogens is 384 g/mol. The van der Waals surface area contributed by atoms with Crippen LogP contribution in [0.4, 0.5) is 0 Å². The second-order valence-electron chi connectivity index (χ2n) is 6.86. The molecule has 0 aliphatic carbocycles. The molecule has 1 N–H and O–H groups in total. The number of pyridine rings is 1. The van der Waals surface area contributed by atoms with Crippen molar-refractivity contribution in [3.8, 4) is 10.4 Å². The Labute approximate surface area is 173 Å². The summed E-state index contributed by atoms with van der Waals surface area (Å²) >= 11 is 1.63. The van der Waals surface area contributed by atoms with Gasteiger partial charge in [-0.3, -0.25) is 4.79 Å². The van der Waals surface area contributed by atoms with Gasteiger partial charge in [0.1, 0.15) is 0 Å². The lowest BCUT2D eigenvalue weighted by Gasteiger charge is -2.11. The van der Waals surface area contributed by atoms with Crippen molar-refractivity contribution in [2.24, 2.45) is 0 Å². The molecule has 0 aliphatic rings. The SMILES string of the molecule is COC[C@H](C)NC(=O)c1nn(Cc2ccccc2)c2nccc(-c3cccs3)c12. The molecular formula is C22H22N4O2S. The Hall–Kier alpha value is -3.03. The lowest BCUT2D eigenvalue weighted by atomic mass is 10.1. The zero-order valence-corrected chi connectivity index (χ0v) is 17.1. The minimum absolute atomic E-state index is 0.122. The molecule has 0 spiro atoms. The van der Waals surface area contributed by atoms with E-state index in [9.17, 15) is 4.79 Å². The van der Waals surface area contributed by atoms with Crippen molar-refractivity contribution in [1.29, 1.82) is 0 Å². The van der Waals surface area contributed by atoms with E-state index in [1.807, 2.05) is 60.8 Å². The van der Waals surface area contributed by atoms with Gasteiger partial charge in [0.2, 0.25) is 0 Å². The molecule has 29 heavy (non-hydrogen) atoms. The number of hydrogen-bond donors (Lipinski definition) is 1. The third kappa shape index (κ3) is 4.06. The summed E-state index contributed by atoms with van der Waals surface area (Å²) in [5.41, 5.74) is 3.15. The van der Waals surface area contributed by atoms with Gasteiger partial charge in [0.25, 0.3) is 5.91 Å². The molecule has 0 saturated heterocycles. The third-order valence-corrected chi connectivity index (χ3v) is 5.51. The highest BCUT2D eigenvalue weighted by atomic mass is 32.1. The first-order chi connectivity index (χ1) is 14.2. The number of hydrogen-bond acceptors (Lipinski definition) is 5. The number of fused-ring (bicyclic) bond motifs is 1. The molecule has 0 unspecified atom stereocenters. The normalized spacial score (nSPS) is 12.2. The summed E-state index contributed by atoms with van der Waals surface area (Å²) in [5.74, 6) is -0.225. The quantitative estimate of drug-likeness (QED) is 0.504. The lowest BCUT2D eigenvalue weighted by molar-refractivity contribution is 0.0901. The van der Waals surface area contributed by atoms with Crippen LogP contribution in [-0.4, -0.2) is 40.4 Å². The van der Waals surface area contributed by atoms with Gasteiger partial charge >= 0.3 is 0 Å². The van der Waals surface area contributed by atoms with E-state index < -0.39 is 0 Å². The minimum Gasteiger partial charge on any atom is -0.383 e. The molecule has 6 nitrogen and oxygen atoms in total. The Balaban J connectivity index is 1.83. The van der Waals surface area contributed by atoms with E-state index in [1.165, 1.54) is 0 Å². The largest absolute Gasteiger partial charge is 0.383 e. The molecule has 3 heterocycles. The number of methoxy groups -OCH3 is 1. The molecule has 0 radical (unpaired) electrons. The van der Waals surface area contributed by atoms with Crippen LogP contribution >= 0.6 is 11.3 Å². The van der Waals surface area contributed by atoms with Crippen molar-refractivity contribution in [2.45, 2.75) is 19.5 Å². The Morgan fingerprint density at radius 2 is 2.03 bits per heavy atom. The van der Waals surface area contributed by atoms with E-state index in [0.717, 1.165) is 21.4 Å². The van der Waals surface area contributed by atoms with E-state index >= 15 is 0 Å². The summed E-state index contributed by atoms with van der Waals surface area (Å²) in [4.78, 5) is 18.7. The van der Waals surface area contributed by atoms with Gasteiger partial charge in [-0.25, -0.2) is 9.67 Å². The molecule has 1 atom stereocenters. The zero-order valence-electron chi connectivity index (χ0n) is 16.3. The van der Waals surface area contributed by atoms with Crippen LogP contribution in [-0.2, 0) is 11.3 Å². The van der Waals surface area contributed by atoms with Crippen LogP contribution < -0.4 is 5.32 Å². The summed E-state index contributed by atoms with van der Waals surface area (Å²) in [6.07, 6.45) is 1.77. The lowest BCUT2D eigenvalue weighted by Crippen LogP contribution is -2.36. The van der Waals surface area contributed by atoms with Gasteiger partial charge < -0.3 is 10.1 Å². The highest BCUT2D eigenvalue weighted by Gasteiger charge is 2.23. The van der Waals surface area contributed by atoms with E-state index in [1.54, 1.807) is 29.3 Å². The first kappa shape index (κ1) is 19.3. The number of nitrogens with one attached hydrogen (secondary N) is 1. The molecule has 0 saturated carbocycles. The van der Waals surface area contributed by atoms with E-state index in [-0.39, 0.29) is 11.9 Å². The Morgan fingerprint density at radius 3 is 2.76 bits per heavy atom. The highest BCUT2D eigenvalue weighted by molar-refractivity contribution is 7.13. The second-order valence-corrected chi connectivity index (χ2v) is 7.80. The van der Waals surface area contributed by atoms with Gasteiger partial charge in [-0.1, -0.05) is 36.4 Å². The molecule has 0 aliphatic heterocycles. The maximum atomic E-state index is 13.1. The highest BCUT2D eigenvalue weighted by Crippen LogP contribution is 2.33. The van der Waals surface area contributed by atoms with E-state index in [4.69, 9.17) is 4.74 Å². The standard InChI is InChI=1S/C22H22N4O2S/c1-15(14-28-2)24-22(27)20-19-17(18-9-6-12-29-18)10-11-23-21(19)26(25-20)13-16-7-4-3-5-8-16/h3-12,15H,13-14H2,1-2H3,(H,24,27)/t15-/m0/s1. The summed E-state index contributed by atoms with van der Waals surface area (Å²) in [5, 5.41) is 10.4.